The first-order chi connectivity index (χ1) is 30.1. The topological polar surface area (TPSA) is 188 Å². The van der Waals surface area contributed by atoms with Crippen molar-refractivity contribution in [2.45, 2.75) is 62.1 Å². The molecule has 6 amide bonds. The van der Waals surface area contributed by atoms with Crippen molar-refractivity contribution < 1.29 is 29.4 Å². The summed E-state index contributed by atoms with van der Waals surface area (Å²) in [5, 5.41) is 32.1. The number of allylic oxidation sites excluding steroid dienone is 2. The maximum atomic E-state index is 14.0. The van der Waals surface area contributed by atoms with Crippen LogP contribution in [0.3, 0.4) is 0 Å². The van der Waals surface area contributed by atoms with E-state index in [1.165, 1.54) is 14.1 Å². The van der Waals surface area contributed by atoms with Crippen LogP contribution in [-0.4, -0.2) is 107 Å². The van der Waals surface area contributed by atoms with Crippen molar-refractivity contribution >= 4 is 46.4 Å². The Morgan fingerprint density at radius 2 is 0.903 bits per heavy atom. The molecule has 14 heteroatoms. The number of nitrogens with one attached hydrogen (secondary N) is 4. The number of nitrogens with zero attached hydrogens (tertiary/aromatic N) is 4. The predicted molar refractivity (Wildman–Crippen MR) is 238 cm³/mol. The number of urea groups is 2. The lowest BCUT2D eigenvalue weighted by Crippen LogP contribution is -2.48. The van der Waals surface area contributed by atoms with Crippen molar-refractivity contribution in [3.63, 3.8) is 0 Å². The van der Waals surface area contributed by atoms with Gasteiger partial charge < -0.3 is 41.3 Å². The average molecular weight is 835 g/mol. The highest BCUT2D eigenvalue weighted by molar-refractivity contribution is 6.05. The number of β-amino-alcohol motifs (C(OH)–C–C–N with tert-alkyl or cyclic N) is 2. The molecular formula is C48H50N8O6. The molecule has 0 radical (unpaired) electrons. The molecule has 14 nitrogen and oxygen atoms in total. The second-order valence-electron chi connectivity index (χ2n) is 16.0. The highest BCUT2D eigenvalue weighted by Crippen LogP contribution is 2.35. The summed E-state index contributed by atoms with van der Waals surface area (Å²) in [5.41, 5.74) is 9.00. The number of aliphatic hydroxyl groups is 2. The van der Waals surface area contributed by atoms with Gasteiger partial charge in [0.25, 0.3) is 11.8 Å². The quantitative estimate of drug-likeness (QED) is 0.124. The zero-order valence-electron chi connectivity index (χ0n) is 34.6. The molecule has 2 saturated heterocycles. The third-order valence-electron chi connectivity index (χ3n) is 12.0. The van der Waals surface area contributed by atoms with Gasteiger partial charge in [0.1, 0.15) is 12.1 Å². The highest BCUT2D eigenvalue weighted by Gasteiger charge is 2.43. The first kappa shape index (κ1) is 41.8. The molecule has 0 unspecified atom stereocenters. The van der Waals surface area contributed by atoms with Crippen LogP contribution in [0.5, 0.6) is 0 Å². The number of aliphatic imine (C=N–C) groups is 2. The van der Waals surface area contributed by atoms with Gasteiger partial charge in [-0.3, -0.25) is 19.6 Å². The summed E-state index contributed by atoms with van der Waals surface area (Å²) in [6, 6.07) is 31.1. The minimum Gasteiger partial charge on any atom is -0.391 e. The Hall–Kier alpha value is -6.90. The molecule has 0 bridgehead atoms. The van der Waals surface area contributed by atoms with Gasteiger partial charge in [0.2, 0.25) is 0 Å². The Balaban J connectivity index is 0.889. The lowest BCUT2D eigenvalue weighted by Gasteiger charge is -2.29. The molecule has 4 heterocycles. The van der Waals surface area contributed by atoms with Gasteiger partial charge in [-0.05, 0) is 44.5 Å². The van der Waals surface area contributed by atoms with E-state index in [0.29, 0.717) is 36.8 Å². The van der Waals surface area contributed by atoms with E-state index in [1.807, 2.05) is 48.8 Å². The van der Waals surface area contributed by atoms with Crippen LogP contribution in [0, 0.1) is 0 Å². The number of carbonyl (C=O) groups is 4. The summed E-state index contributed by atoms with van der Waals surface area (Å²) in [5.74, 6) is -0.606. The highest BCUT2D eigenvalue weighted by atomic mass is 16.3. The fourth-order valence-corrected chi connectivity index (χ4v) is 8.76. The summed E-state index contributed by atoms with van der Waals surface area (Å²) in [7, 11) is 3.00. The predicted octanol–water partition coefficient (Wildman–Crippen LogP) is 4.99. The summed E-state index contributed by atoms with van der Waals surface area (Å²) in [6.45, 7) is 0.295. The van der Waals surface area contributed by atoms with Crippen molar-refractivity contribution in [3.8, 4) is 11.1 Å². The molecule has 4 aliphatic heterocycles. The molecule has 6 atom stereocenters. The number of amides is 6. The maximum Gasteiger partial charge on any atom is 0.315 e. The van der Waals surface area contributed by atoms with Crippen LogP contribution in [0.15, 0.2) is 132 Å². The van der Waals surface area contributed by atoms with Crippen molar-refractivity contribution in [1.29, 1.82) is 0 Å². The lowest BCUT2D eigenvalue weighted by atomic mass is 9.94. The van der Waals surface area contributed by atoms with Crippen LogP contribution in [-0.2, 0) is 9.59 Å². The molecule has 318 valence electrons. The van der Waals surface area contributed by atoms with Gasteiger partial charge >= 0.3 is 12.1 Å². The Kier molecular flexibility index (Phi) is 12.4. The zero-order valence-corrected chi connectivity index (χ0v) is 34.6. The van der Waals surface area contributed by atoms with Crippen LogP contribution < -0.4 is 21.3 Å². The molecule has 4 aromatic rings. The van der Waals surface area contributed by atoms with E-state index in [4.69, 9.17) is 9.98 Å². The molecule has 0 spiro atoms. The molecule has 0 saturated carbocycles. The Morgan fingerprint density at radius 1 is 0.548 bits per heavy atom. The van der Waals surface area contributed by atoms with Crippen molar-refractivity contribution in [1.82, 2.24) is 31.1 Å². The van der Waals surface area contributed by atoms with Gasteiger partial charge in [-0.1, -0.05) is 109 Å². The van der Waals surface area contributed by atoms with Crippen LogP contribution >= 0.6 is 0 Å². The summed E-state index contributed by atoms with van der Waals surface area (Å²) in [6.07, 6.45) is 4.03. The van der Waals surface area contributed by atoms with E-state index in [1.54, 1.807) is 34.1 Å². The third kappa shape index (κ3) is 8.92. The second-order valence-corrected chi connectivity index (χ2v) is 16.0. The largest absolute Gasteiger partial charge is 0.391 e. The maximum absolute atomic E-state index is 14.0. The normalized spacial score (nSPS) is 21.6. The Morgan fingerprint density at radius 3 is 1.26 bits per heavy atom. The molecule has 8 rings (SSSR count). The van der Waals surface area contributed by atoms with E-state index in [-0.39, 0.29) is 24.9 Å². The van der Waals surface area contributed by atoms with Crippen LogP contribution in [0.25, 0.3) is 22.3 Å². The molecule has 4 aromatic carbocycles. The van der Waals surface area contributed by atoms with Crippen molar-refractivity contribution in [2.24, 2.45) is 9.98 Å². The number of aliphatic hydroxyl groups excluding tert-OH is 2. The smallest absolute Gasteiger partial charge is 0.315 e. The molecule has 0 aliphatic carbocycles. The fraction of sp³-hybridized carbons (Fsp3) is 0.292. The number of rotatable bonds is 11. The average Bonchev–Trinajstić information content (AvgIpc) is 4.14. The van der Waals surface area contributed by atoms with Crippen molar-refractivity contribution in [3.05, 3.63) is 144 Å². The van der Waals surface area contributed by atoms with Gasteiger partial charge in [0.15, 0.2) is 0 Å². The molecule has 4 aliphatic rings. The number of carbonyl (C=O) groups excluding carboxylic acids is 4. The minimum atomic E-state index is -0.921. The summed E-state index contributed by atoms with van der Waals surface area (Å²) >= 11 is 0. The zero-order chi connectivity index (χ0) is 43.3. The summed E-state index contributed by atoms with van der Waals surface area (Å²) < 4.78 is 0. The van der Waals surface area contributed by atoms with E-state index >= 15 is 0 Å². The molecule has 2 fully saturated rings. The second kappa shape index (κ2) is 18.4. The van der Waals surface area contributed by atoms with Crippen LogP contribution in [0.4, 0.5) is 9.59 Å². The molecule has 62 heavy (non-hydrogen) atoms. The van der Waals surface area contributed by atoms with Gasteiger partial charge in [0.05, 0.1) is 24.3 Å². The van der Waals surface area contributed by atoms with Crippen LogP contribution in [0.1, 0.15) is 60.0 Å². The Bertz CT molecular complexity index is 2260. The van der Waals surface area contributed by atoms with E-state index < -0.39 is 48.4 Å². The monoisotopic (exact) mass is 834 g/mol. The number of hydrogen-bond acceptors (Lipinski definition) is 8. The van der Waals surface area contributed by atoms with Gasteiger partial charge in [-0.2, -0.15) is 0 Å². The summed E-state index contributed by atoms with van der Waals surface area (Å²) in [4.78, 5) is 65.5. The molecular weight excluding hydrogens is 785 g/mol. The van der Waals surface area contributed by atoms with Gasteiger partial charge in [-0.25, -0.2) is 9.59 Å². The van der Waals surface area contributed by atoms with Gasteiger partial charge in [0, 0.05) is 76.7 Å². The first-order valence-corrected chi connectivity index (χ1v) is 20.9. The lowest BCUT2D eigenvalue weighted by molar-refractivity contribution is -0.134. The number of likely N-dealkylation sites (tertiary alicyclic amines) is 2. The van der Waals surface area contributed by atoms with Gasteiger partial charge in [-0.15, -0.1) is 0 Å². The number of benzene rings is 4. The van der Waals surface area contributed by atoms with Crippen molar-refractivity contribution in [2.75, 3.05) is 27.2 Å². The fourth-order valence-electron chi connectivity index (χ4n) is 8.76. The Labute approximate surface area is 360 Å². The number of hydrogen-bond donors (Lipinski definition) is 6. The standard InChI is InChI=1S/C48H50N8O6/c1-49-47(61)53-43(33-9-5-3-6-10-33)45(59)55-27-37(57)23-41(55)39-21-35(25-51-39)31-17-13-29(14-18-31)30-15-19-32(20-16-30)36-22-40(52-26-36)42-24-38(58)28-56(42)46(60)44(54-48(62)50-2)34-11-7-4-8-12-34/h3-20,25-26,37-38,41-44,57-58H,21-24,27-28H2,1-2H3,(H2,49,53,61)(H2,50,54,62)/t37-,38-,41+,42+,43-,44-/m1/s1. The van der Waals surface area contributed by atoms with E-state index in [9.17, 15) is 29.4 Å². The third-order valence-corrected chi connectivity index (χ3v) is 12.0. The molecule has 6 N–H and O–H groups in total. The van der Waals surface area contributed by atoms with E-state index in [2.05, 4.69) is 69.8 Å². The van der Waals surface area contributed by atoms with Crippen LogP contribution in [0.2, 0.25) is 0 Å². The minimum absolute atomic E-state index is 0.148. The first-order valence-electron chi connectivity index (χ1n) is 20.9. The molecule has 0 aromatic heterocycles. The SMILES string of the molecule is CNC(=O)N[C@@H](C(=O)N1C[C@H](O)C[C@H]1C1=NC=C(c2ccc(-c3ccc(C4=CN=C([C@@H]5C[C@@H](O)CN5C(=O)[C@H](NC(=O)NC)c5ccccc5)C4)cc3)cc2)C1)c1ccccc1. The van der Waals surface area contributed by atoms with E-state index in [0.717, 1.165) is 44.8 Å².